The largest absolute Gasteiger partial charge is 1.00 e. The van der Waals surface area contributed by atoms with Crippen molar-refractivity contribution in [3.63, 3.8) is 0 Å². The molecule has 0 heterocycles. The maximum Gasteiger partial charge on any atom is 1.00 e. The Kier molecular flexibility index (Phi) is 6.56. The monoisotopic (exact) mass is 297 g/mol. The molecule has 0 aromatic heterocycles. The first-order chi connectivity index (χ1) is 9.08. The number of hydrogen-bond acceptors (Lipinski definition) is 3. The van der Waals surface area contributed by atoms with Gasteiger partial charge in [0.1, 0.15) is 0 Å². The Morgan fingerprint density at radius 2 is 1.90 bits per heavy atom. The van der Waals surface area contributed by atoms with Gasteiger partial charge in [-0.2, -0.15) is 0 Å². The van der Waals surface area contributed by atoms with Crippen LogP contribution in [-0.2, 0) is 11.2 Å². The van der Waals surface area contributed by atoms with Gasteiger partial charge in [-0.15, -0.1) is 0 Å². The van der Waals surface area contributed by atoms with Crippen molar-refractivity contribution in [3.05, 3.63) is 58.6 Å². The minimum Gasteiger partial charge on any atom is -0.550 e. The number of nitrogens with one attached hydrogen (secondary N) is 1. The Labute approximate surface area is 145 Å². The van der Waals surface area contributed by atoms with Crippen molar-refractivity contribution < 1.29 is 39.5 Å². The molecule has 0 aliphatic rings. The second-order valence-electron chi connectivity index (χ2n) is 4.26. The van der Waals surface area contributed by atoms with Crippen molar-refractivity contribution in [2.45, 2.75) is 13.3 Å². The van der Waals surface area contributed by atoms with Crippen molar-refractivity contribution in [3.8, 4) is 0 Å². The molecule has 0 unspecified atom stereocenters. The van der Waals surface area contributed by atoms with E-state index in [1.54, 1.807) is 18.2 Å². The smallest absolute Gasteiger partial charge is 0.550 e. The number of carboxylic acids is 1. The van der Waals surface area contributed by atoms with Crippen LogP contribution in [0.1, 0.15) is 11.1 Å². The van der Waals surface area contributed by atoms with E-state index in [-0.39, 0.29) is 36.0 Å². The summed E-state index contributed by atoms with van der Waals surface area (Å²) < 4.78 is 0. The molecule has 0 bridgehead atoms. The fraction of sp³-hybridized carbons (Fsp3) is 0.133. The normalized spacial score (nSPS) is 9.70. The van der Waals surface area contributed by atoms with Gasteiger partial charge in [-0.1, -0.05) is 41.9 Å². The minimum absolute atomic E-state index is 0. The van der Waals surface area contributed by atoms with Gasteiger partial charge in [-0.3, -0.25) is 0 Å². The molecule has 1 N–H and O–H groups in total. The quantitative estimate of drug-likeness (QED) is 0.788. The molecule has 0 radical (unpaired) electrons. The van der Waals surface area contributed by atoms with Crippen molar-refractivity contribution >= 4 is 28.9 Å². The molecular formula is C15H13ClNNaO2. The second kappa shape index (κ2) is 7.70. The number of aliphatic carboxylic acids is 1. The van der Waals surface area contributed by atoms with Crippen molar-refractivity contribution in [2.75, 3.05) is 5.32 Å². The molecule has 0 saturated carbocycles. The number of carboxylic acid groups (broad SMARTS) is 1. The SMILES string of the molecule is Cc1cccc(Cl)c1Nc1ccccc1CC(=O)[O-].[Na+]. The number of carbonyl (C=O) groups is 1. The minimum atomic E-state index is -1.11. The van der Waals surface area contributed by atoms with Crippen LogP contribution in [0.4, 0.5) is 11.4 Å². The molecule has 0 saturated heterocycles. The average molecular weight is 298 g/mol. The van der Waals surface area contributed by atoms with Crippen molar-refractivity contribution in [1.29, 1.82) is 0 Å². The first-order valence-corrected chi connectivity index (χ1v) is 6.25. The van der Waals surface area contributed by atoms with Crippen molar-refractivity contribution in [2.24, 2.45) is 0 Å². The summed E-state index contributed by atoms with van der Waals surface area (Å²) in [5, 5.41) is 14.5. The molecule has 0 aliphatic heterocycles. The molecule has 0 aliphatic carbocycles. The third-order valence-electron chi connectivity index (χ3n) is 2.83. The van der Waals surface area contributed by atoms with E-state index in [9.17, 15) is 9.90 Å². The summed E-state index contributed by atoms with van der Waals surface area (Å²) in [5.41, 5.74) is 3.18. The molecule has 0 fully saturated rings. The van der Waals surface area contributed by atoms with Crippen LogP contribution in [-0.4, -0.2) is 5.97 Å². The van der Waals surface area contributed by atoms with Crippen LogP contribution < -0.4 is 40.0 Å². The topological polar surface area (TPSA) is 52.2 Å². The van der Waals surface area contributed by atoms with Gasteiger partial charge in [0, 0.05) is 18.1 Å². The van der Waals surface area contributed by atoms with Gasteiger partial charge < -0.3 is 15.2 Å². The summed E-state index contributed by atoms with van der Waals surface area (Å²) >= 11 is 6.15. The van der Waals surface area contributed by atoms with Gasteiger partial charge in [-0.05, 0) is 30.2 Å². The molecule has 2 rings (SSSR count). The molecular weight excluding hydrogens is 285 g/mol. The van der Waals surface area contributed by atoms with E-state index in [1.165, 1.54) is 0 Å². The molecule has 0 atom stereocenters. The number of rotatable bonds is 4. The van der Waals surface area contributed by atoms with Crippen LogP contribution in [0.5, 0.6) is 0 Å². The van der Waals surface area contributed by atoms with Crippen LogP contribution in [0, 0.1) is 6.92 Å². The number of carbonyl (C=O) groups excluding carboxylic acids is 1. The van der Waals surface area contributed by atoms with Gasteiger partial charge in [0.25, 0.3) is 0 Å². The fourth-order valence-electron chi connectivity index (χ4n) is 1.88. The van der Waals surface area contributed by atoms with Gasteiger partial charge in [0.2, 0.25) is 0 Å². The number of halogens is 1. The van der Waals surface area contributed by atoms with Gasteiger partial charge in [0.05, 0.1) is 10.7 Å². The molecule has 0 spiro atoms. The van der Waals surface area contributed by atoms with E-state index >= 15 is 0 Å². The van der Waals surface area contributed by atoms with E-state index in [4.69, 9.17) is 11.6 Å². The fourth-order valence-corrected chi connectivity index (χ4v) is 2.15. The maximum atomic E-state index is 10.7. The molecule has 5 heteroatoms. The Balaban J connectivity index is 0.00000200. The number of hydrogen-bond donors (Lipinski definition) is 1. The predicted octanol–water partition coefficient (Wildman–Crippen LogP) is -0.312. The summed E-state index contributed by atoms with van der Waals surface area (Å²) in [7, 11) is 0. The second-order valence-corrected chi connectivity index (χ2v) is 4.67. The van der Waals surface area contributed by atoms with Crippen LogP contribution in [0.3, 0.4) is 0 Å². The van der Waals surface area contributed by atoms with E-state index < -0.39 is 5.97 Å². The number of benzene rings is 2. The first-order valence-electron chi connectivity index (χ1n) is 5.88. The summed E-state index contributed by atoms with van der Waals surface area (Å²) in [6.45, 7) is 1.94. The molecule has 20 heavy (non-hydrogen) atoms. The van der Waals surface area contributed by atoms with Crippen LogP contribution in [0.15, 0.2) is 42.5 Å². The predicted molar refractivity (Wildman–Crippen MR) is 74.6 cm³/mol. The zero-order chi connectivity index (χ0) is 13.8. The van der Waals surface area contributed by atoms with E-state index in [2.05, 4.69) is 5.32 Å². The zero-order valence-corrected chi connectivity index (χ0v) is 14.2. The maximum absolute atomic E-state index is 10.7. The van der Waals surface area contributed by atoms with Crippen LogP contribution >= 0.6 is 11.6 Å². The van der Waals surface area contributed by atoms with E-state index in [1.807, 2.05) is 31.2 Å². The molecule has 3 nitrogen and oxygen atoms in total. The number of aryl methyl sites for hydroxylation is 1. The summed E-state index contributed by atoms with van der Waals surface area (Å²) in [6.07, 6.45) is -0.132. The number of para-hydroxylation sites is 2. The van der Waals surface area contributed by atoms with E-state index in [0.717, 1.165) is 16.9 Å². The first kappa shape index (κ1) is 17.1. The van der Waals surface area contributed by atoms with Crippen molar-refractivity contribution in [1.82, 2.24) is 0 Å². The summed E-state index contributed by atoms with van der Waals surface area (Å²) in [6, 6.07) is 12.8. The Bertz CT molecular complexity index is 596. The average Bonchev–Trinajstić information content (AvgIpc) is 2.35. The Morgan fingerprint density at radius 3 is 2.55 bits per heavy atom. The summed E-state index contributed by atoms with van der Waals surface area (Å²) in [4.78, 5) is 10.7. The van der Waals surface area contributed by atoms with Gasteiger partial charge in [0.15, 0.2) is 0 Å². The molecule has 98 valence electrons. The van der Waals surface area contributed by atoms with E-state index in [0.29, 0.717) is 10.6 Å². The van der Waals surface area contributed by atoms with Gasteiger partial charge in [-0.25, -0.2) is 0 Å². The number of anilines is 2. The molecule has 0 amide bonds. The molecule has 2 aromatic rings. The van der Waals surface area contributed by atoms with Crippen LogP contribution in [0.25, 0.3) is 0 Å². The third kappa shape index (κ3) is 4.25. The Morgan fingerprint density at radius 1 is 1.20 bits per heavy atom. The summed E-state index contributed by atoms with van der Waals surface area (Å²) in [5.74, 6) is -1.11. The molecule has 2 aromatic carbocycles. The van der Waals surface area contributed by atoms with Gasteiger partial charge >= 0.3 is 29.6 Å². The third-order valence-corrected chi connectivity index (χ3v) is 3.15. The standard InChI is InChI=1S/C15H14ClNO2.Na/c1-10-5-4-7-12(16)15(10)17-13-8-3-2-6-11(13)9-14(18)19;/h2-8,17H,9H2,1H3,(H,18,19);/q;+1/p-1. The van der Waals surface area contributed by atoms with Crippen LogP contribution in [0.2, 0.25) is 5.02 Å². The zero-order valence-electron chi connectivity index (χ0n) is 11.4. The Hall–Kier alpha value is -1.000.